The number of ether oxygens (including phenoxy) is 1. The molecule has 3 aromatic rings. The molecule has 8 nitrogen and oxygen atoms in total. The number of fused-ring (bicyclic) bond motifs is 1. The van der Waals surface area contributed by atoms with Crippen LogP contribution < -0.4 is 5.32 Å². The maximum atomic E-state index is 12.5. The van der Waals surface area contributed by atoms with Crippen molar-refractivity contribution in [1.82, 2.24) is 20.0 Å². The van der Waals surface area contributed by atoms with Crippen LogP contribution in [0.2, 0.25) is 0 Å². The number of nitrogens with zero attached hydrogens (tertiary/aromatic N) is 4. The summed E-state index contributed by atoms with van der Waals surface area (Å²) in [5.41, 5.74) is 1.67. The van der Waals surface area contributed by atoms with Gasteiger partial charge in [-0.1, -0.05) is 18.2 Å². The highest BCUT2D eigenvalue weighted by atomic mass is 32.1. The van der Waals surface area contributed by atoms with Crippen molar-refractivity contribution in [2.45, 2.75) is 25.7 Å². The van der Waals surface area contributed by atoms with Gasteiger partial charge in [0.25, 0.3) is 5.91 Å². The van der Waals surface area contributed by atoms with Gasteiger partial charge in [-0.05, 0) is 31.9 Å². The summed E-state index contributed by atoms with van der Waals surface area (Å²) in [5.74, 6) is -0.997. The fourth-order valence-corrected chi connectivity index (χ4v) is 4.00. The van der Waals surface area contributed by atoms with Crippen LogP contribution in [0, 0.1) is 0 Å². The van der Waals surface area contributed by atoms with E-state index in [1.807, 2.05) is 30.3 Å². The first-order chi connectivity index (χ1) is 13.2. The van der Waals surface area contributed by atoms with Crippen LogP contribution in [0.4, 0.5) is 5.13 Å². The highest BCUT2D eigenvalue weighted by Gasteiger charge is 2.34. The summed E-state index contributed by atoms with van der Waals surface area (Å²) in [7, 11) is 0. The van der Waals surface area contributed by atoms with Crippen LogP contribution in [0.5, 0.6) is 0 Å². The minimum absolute atomic E-state index is 0.191. The van der Waals surface area contributed by atoms with E-state index >= 15 is 0 Å². The summed E-state index contributed by atoms with van der Waals surface area (Å²) in [6.45, 7) is 2.12. The molecule has 0 aliphatic heterocycles. The van der Waals surface area contributed by atoms with E-state index in [4.69, 9.17) is 4.74 Å². The molecule has 1 amide bonds. The van der Waals surface area contributed by atoms with Crippen molar-refractivity contribution in [1.29, 1.82) is 0 Å². The molecule has 27 heavy (non-hydrogen) atoms. The highest BCUT2D eigenvalue weighted by molar-refractivity contribution is 7.16. The Morgan fingerprint density at radius 1 is 1.33 bits per heavy atom. The van der Waals surface area contributed by atoms with Crippen molar-refractivity contribution in [2.24, 2.45) is 0 Å². The van der Waals surface area contributed by atoms with E-state index < -0.39 is 5.91 Å². The van der Waals surface area contributed by atoms with Gasteiger partial charge >= 0.3 is 5.97 Å². The quantitative estimate of drug-likeness (QED) is 0.680. The van der Waals surface area contributed by atoms with E-state index in [1.165, 1.54) is 22.3 Å². The maximum Gasteiger partial charge on any atom is 0.315 e. The second-order valence-corrected chi connectivity index (χ2v) is 7.06. The summed E-state index contributed by atoms with van der Waals surface area (Å²) in [6, 6.07) is 9.34. The molecule has 138 valence electrons. The largest absolute Gasteiger partial charge is 0.465 e. The van der Waals surface area contributed by atoms with Gasteiger partial charge < -0.3 is 4.74 Å². The Morgan fingerprint density at radius 2 is 2.15 bits per heavy atom. The lowest BCUT2D eigenvalue weighted by molar-refractivity contribution is -0.145. The van der Waals surface area contributed by atoms with E-state index in [0.29, 0.717) is 23.9 Å². The van der Waals surface area contributed by atoms with Crippen LogP contribution in [0.3, 0.4) is 0 Å². The van der Waals surface area contributed by atoms with Crippen LogP contribution in [-0.2, 0) is 16.0 Å². The van der Waals surface area contributed by atoms with Crippen molar-refractivity contribution in [3.8, 4) is 5.69 Å². The second kappa shape index (κ2) is 7.28. The molecule has 0 spiro atoms. The Bertz CT molecular complexity index is 982. The van der Waals surface area contributed by atoms with Crippen LogP contribution >= 0.6 is 11.3 Å². The van der Waals surface area contributed by atoms with Gasteiger partial charge in [-0.3, -0.25) is 14.9 Å². The number of thiazole rings is 1. The molecule has 0 bridgehead atoms. The Balaban J connectivity index is 1.48. The topological polar surface area (TPSA) is 99.0 Å². The Morgan fingerprint density at radius 3 is 2.93 bits per heavy atom. The number of nitrogens with one attached hydrogen (secondary N) is 1. The van der Waals surface area contributed by atoms with Crippen molar-refractivity contribution in [2.75, 3.05) is 11.9 Å². The molecule has 4 rings (SSSR count). The SMILES string of the molecule is CCOC(=O)C1CCc2sc(NC(=O)c3cnn(-c4ccccc4)n3)nc21. The van der Waals surface area contributed by atoms with Gasteiger partial charge in [-0.15, -0.1) is 16.4 Å². The van der Waals surface area contributed by atoms with E-state index in [-0.39, 0.29) is 17.6 Å². The zero-order valence-corrected chi connectivity index (χ0v) is 15.4. The van der Waals surface area contributed by atoms with Crippen LogP contribution in [0.25, 0.3) is 5.69 Å². The average Bonchev–Trinajstić information content (AvgIpc) is 3.38. The predicted molar refractivity (Wildman–Crippen MR) is 99.1 cm³/mol. The lowest BCUT2D eigenvalue weighted by Crippen LogP contribution is -2.15. The standard InChI is InChI=1S/C18H17N5O3S/c1-2-26-17(25)12-8-9-14-15(12)20-18(27-14)21-16(24)13-10-19-23(22-13)11-6-4-3-5-7-11/h3-7,10,12H,2,8-9H2,1H3,(H,20,21,24). The lowest BCUT2D eigenvalue weighted by atomic mass is 10.1. The monoisotopic (exact) mass is 383 g/mol. The number of benzene rings is 1. The molecule has 2 heterocycles. The zero-order chi connectivity index (χ0) is 18.8. The minimum atomic E-state index is -0.391. The van der Waals surface area contributed by atoms with Gasteiger partial charge in [0.15, 0.2) is 10.8 Å². The number of hydrogen-bond acceptors (Lipinski definition) is 7. The minimum Gasteiger partial charge on any atom is -0.465 e. The molecule has 9 heteroatoms. The normalized spacial score (nSPS) is 15.4. The van der Waals surface area contributed by atoms with Gasteiger partial charge in [0, 0.05) is 4.88 Å². The first-order valence-corrected chi connectivity index (χ1v) is 9.42. The number of esters is 1. The fraction of sp³-hybridized carbons (Fsp3) is 0.278. The third-order valence-corrected chi connectivity index (χ3v) is 5.27. The number of amides is 1. The number of carbonyl (C=O) groups is 2. The van der Waals surface area contributed by atoms with Crippen molar-refractivity contribution < 1.29 is 14.3 Å². The molecule has 0 radical (unpaired) electrons. The van der Waals surface area contributed by atoms with Crippen LogP contribution in [0.1, 0.15) is 40.3 Å². The molecular formula is C18H17N5O3S. The van der Waals surface area contributed by atoms with E-state index in [9.17, 15) is 9.59 Å². The molecule has 0 fully saturated rings. The maximum absolute atomic E-state index is 12.5. The van der Waals surface area contributed by atoms with Gasteiger partial charge in [0.1, 0.15) is 5.92 Å². The number of anilines is 1. The number of rotatable bonds is 5. The predicted octanol–water partition coefficient (Wildman–Crippen LogP) is 2.57. The van der Waals surface area contributed by atoms with Gasteiger partial charge in [0.2, 0.25) is 0 Å². The summed E-state index contributed by atoms with van der Waals surface area (Å²) < 4.78 is 5.10. The third kappa shape index (κ3) is 3.45. The summed E-state index contributed by atoms with van der Waals surface area (Å²) in [5, 5.41) is 11.5. The Labute approximate surface area is 159 Å². The van der Waals surface area contributed by atoms with Gasteiger partial charge in [0.05, 0.1) is 24.2 Å². The molecule has 1 aliphatic rings. The zero-order valence-electron chi connectivity index (χ0n) is 14.6. The van der Waals surface area contributed by atoms with E-state index in [1.54, 1.807) is 6.92 Å². The molecule has 1 aromatic carbocycles. The average molecular weight is 383 g/mol. The smallest absolute Gasteiger partial charge is 0.315 e. The first-order valence-electron chi connectivity index (χ1n) is 8.61. The molecule has 2 aromatic heterocycles. The molecular weight excluding hydrogens is 366 g/mol. The van der Waals surface area contributed by atoms with Crippen molar-refractivity contribution in [3.63, 3.8) is 0 Å². The number of para-hydroxylation sites is 1. The van der Waals surface area contributed by atoms with E-state index in [0.717, 1.165) is 17.0 Å². The third-order valence-electron chi connectivity index (χ3n) is 4.22. The van der Waals surface area contributed by atoms with Crippen molar-refractivity contribution in [3.05, 3.63) is 52.8 Å². The molecule has 0 saturated heterocycles. The first kappa shape index (κ1) is 17.3. The number of aromatic nitrogens is 4. The molecule has 1 N–H and O–H groups in total. The number of carbonyl (C=O) groups excluding carboxylic acids is 2. The fourth-order valence-electron chi connectivity index (χ4n) is 2.97. The summed E-state index contributed by atoms with van der Waals surface area (Å²) in [6.07, 6.45) is 2.87. The summed E-state index contributed by atoms with van der Waals surface area (Å²) >= 11 is 1.38. The molecule has 1 unspecified atom stereocenters. The Kier molecular flexibility index (Phi) is 4.68. The number of aryl methyl sites for hydroxylation is 1. The van der Waals surface area contributed by atoms with Crippen LogP contribution in [0.15, 0.2) is 36.5 Å². The molecule has 1 atom stereocenters. The van der Waals surface area contributed by atoms with Gasteiger partial charge in [-0.2, -0.15) is 9.90 Å². The number of hydrogen-bond donors (Lipinski definition) is 1. The molecule has 1 aliphatic carbocycles. The second-order valence-electron chi connectivity index (χ2n) is 5.98. The van der Waals surface area contributed by atoms with E-state index in [2.05, 4.69) is 20.5 Å². The van der Waals surface area contributed by atoms with Crippen LogP contribution in [-0.4, -0.2) is 38.5 Å². The summed E-state index contributed by atoms with van der Waals surface area (Å²) in [4.78, 5) is 31.3. The highest BCUT2D eigenvalue weighted by Crippen LogP contribution is 2.39. The van der Waals surface area contributed by atoms with Crippen molar-refractivity contribution >= 4 is 28.3 Å². The Hall–Kier alpha value is -3.07. The molecule has 0 saturated carbocycles. The van der Waals surface area contributed by atoms with Gasteiger partial charge in [-0.25, -0.2) is 4.98 Å². The lowest BCUT2D eigenvalue weighted by Gasteiger charge is -2.07.